The van der Waals surface area contributed by atoms with Gasteiger partial charge in [0.1, 0.15) is 16.1 Å². The van der Waals surface area contributed by atoms with Crippen LogP contribution in [0.5, 0.6) is 11.5 Å². The van der Waals surface area contributed by atoms with Crippen LogP contribution in [-0.2, 0) is 0 Å². The Labute approximate surface area is 123 Å². The summed E-state index contributed by atoms with van der Waals surface area (Å²) in [6, 6.07) is 1.98. The van der Waals surface area contributed by atoms with Crippen LogP contribution in [-0.4, -0.2) is 45.1 Å². The van der Waals surface area contributed by atoms with Crippen molar-refractivity contribution < 1.29 is 9.47 Å². The van der Waals surface area contributed by atoms with Crippen molar-refractivity contribution in [3.05, 3.63) is 20.6 Å². The van der Waals surface area contributed by atoms with E-state index >= 15 is 0 Å². The first kappa shape index (κ1) is 13.7. The molecule has 6 heteroatoms. The molecule has 0 aromatic heterocycles. The zero-order valence-electron chi connectivity index (χ0n) is 10.5. The third-order valence-electron chi connectivity index (χ3n) is 2.84. The highest BCUT2D eigenvalue weighted by Crippen LogP contribution is 2.43. The molecular formula is C12H14Br2N2O2. The number of rotatable bonds is 3. The Morgan fingerprint density at radius 3 is 2.39 bits per heavy atom. The zero-order chi connectivity index (χ0) is 13.3. The Bertz CT molecular complexity index is 503. The summed E-state index contributed by atoms with van der Waals surface area (Å²) in [5, 5.41) is 0. The van der Waals surface area contributed by atoms with Crippen LogP contribution in [0.15, 0.2) is 20.0 Å². The molecule has 0 unspecified atom stereocenters. The van der Waals surface area contributed by atoms with E-state index in [0.29, 0.717) is 0 Å². The summed E-state index contributed by atoms with van der Waals surface area (Å²) in [5.41, 5.74) is 0.956. The maximum absolute atomic E-state index is 5.48. The van der Waals surface area contributed by atoms with Crippen molar-refractivity contribution in [3.63, 3.8) is 0 Å². The molecule has 0 N–H and O–H groups in total. The molecule has 4 nitrogen and oxygen atoms in total. The van der Waals surface area contributed by atoms with Crippen molar-refractivity contribution in [3.8, 4) is 11.5 Å². The molecule has 0 amide bonds. The second-order valence-corrected chi connectivity index (χ2v) is 5.56. The van der Waals surface area contributed by atoms with Crippen LogP contribution in [0.1, 0.15) is 5.56 Å². The van der Waals surface area contributed by atoms with Gasteiger partial charge in [-0.2, -0.15) is 0 Å². The average molecular weight is 378 g/mol. The molecule has 0 aliphatic carbocycles. The lowest BCUT2D eigenvalue weighted by atomic mass is 10.1. The predicted octanol–water partition coefficient (Wildman–Crippen LogP) is 2.92. The summed E-state index contributed by atoms with van der Waals surface area (Å²) in [6.45, 7) is 1.75. The molecule has 18 heavy (non-hydrogen) atoms. The fraction of sp³-hybridized carbons (Fsp3) is 0.417. The quantitative estimate of drug-likeness (QED) is 0.812. The Morgan fingerprint density at radius 2 is 1.89 bits per heavy atom. The molecule has 0 spiro atoms. The summed E-state index contributed by atoms with van der Waals surface area (Å²) in [4.78, 5) is 6.63. The number of amidine groups is 1. The van der Waals surface area contributed by atoms with Crippen molar-refractivity contribution in [2.75, 3.05) is 34.4 Å². The number of hydrogen-bond acceptors (Lipinski definition) is 4. The number of aliphatic imine (C=N–C) groups is 1. The maximum atomic E-state index is 5.48. The molecule has 1 aliphatic rings. The lowest BCUT2D eigenvalue weighted by Crippen LogP contribution is -2.24. The molecule has 1 aliphatic heterocycles. The fourth-order valence-electron chi connectivity index (χ4n) is 1.96. The highest BCUT2D eigenvalue weighted by atomic mass is 79.9. The van der Waals surface area contributed by atoms with Crippen LogP contribution in [0.2, 0.25) is 0 Å². The molecule has 98 valence electrons. The lowest BCUT2D eigenvalue weighted by Gasteiger charge is -2.19. The van der Waals surface area contributed by atoms with E-state index in [1.54, 1.807) is 14.2 Å². The van der Waals surface area contributed by atoms with Gasteiger partial charge in [-0.25, -0.2) is 0 Å². The van der Waals surface area contributed by atoms with Crippen LogP contribution >= 0.6 is 31.9 Å². The number of ether oxygens (including phenoxy) is 2. The molecule has 0 fully saturated rings. The predicted molar refractivity (Wildman–Crippen MR) is 79.0 cm³/mol. The van der Waals surface area contributed by atoms with Gasteiger partial charge in [0.2, 0.25) is 0 Å². The maximum Gasteiger partial charge on any atom is 0.151 e. The fourth-order valence-corrected chi connectivity index (χ4v) is 3.57. The topological polar surface area (TPSA) is 34.1 Å². The first-order valence-electron chi connectivity index (χ1n) is 5.46. The number of methoxy groups -OCH3 is 2. The van der Waals surface area contributed by atoms with E-state index in [9.17, 15) is 0 Å². The summed E-state index contributed by atoms with van der Waals surface area (Å²) in [7, 11) is 5.30. The summed E-state index contributed by atoms with van der Waals surface area (Å²) in [6.07, 6.45) is 0. The van der Waals surface area contributed by atoms with Crippen molar-refractivity contribution in [2.24, 2.45) is 4.99 Å². The number of halogens is 2. The van der Waals surface area contributed by atoms with E-state index in [1.807, 2.05) is 13.1 Å². The number of nitrogens with zero attached hydrogens (tertiary/aromatic N) is 2. The van der Waals surface area contributed by atoms with Crippen LogP contribution in [0, 0.1) is 0 Å². The minimum atomic E-state index is 0.719. The molecule has 0 radical (unpaired) electrons. The van der Waals surface area contributed by atoms with Crippen LogP contribution < -0.4 is 9.47 Å². The molecule has 0 atom stereocenters. The van der Waals surface area contributed by atoms with E-state index in [1.165, 1.54) is 0 Å². The van der Waals surface area contributed by atoms with Crippen molar-refractivity contribution in [2.45, 2.75) is 0 Å². The molecule has 1 aromatic rings. The number of hydrogen-bond donors (Lipinski definition) is 0. The summed E-state index contributed by atoms with van der Waals surface area (Å²) >= 11 is 7.02. The van der Waals surface area contributed by atoms with Crippen molar-refractivity contribution >= 4 is 37.7 Å². The molecule has 0 saturated carbocycles. The van der Waals surface area contributed by atoms with Crippen LogP contribution in [0.4, 0.5) is 0 Å². The van der Waals surface area contributed by atoms with Crippen LogP contribution in [0.25, 0.3) is 0 Å². The standard InChI is InChI=1S/C12H14Br2N2O2/c1-16-5-4-15-12(16)7-6-8(13)11(18-3)9(14)10(7)17-2/h6H,4-5H2,1-3H3. The third-order valence-corrected chi connectivity index (χ3v) is 4.15. The molecule has 0 bridgehead atoms. The first-order chi connectivity index (χ1) is 8.60. The van der Waals surface area contributed by atoms with Crippen LogP contribution in [0.3, 0.4) is 0 Å². The van der Waals surface area contributed by atoms with E-state index < -0.39 is 0 Å². The Kier molecular flexibility index (Phi) is 4.17. The van der Waals surface area contributed by atoms with Gasteiger partial charge >= 0.3 is 0 Å². The summed E-state index contributed by atoms with van der Waals surface area (Å²) in [5.74, 6) is 2.40. The van der Waals surface area contributed by atoms with Gasteiger partial charge in [-0.3, -0.25) is 4.99 Å². The normalized spacial score (nSPS) is 14.7. The zero-order valence-corrected chi connectivity index (χ0v) is 13.6. The Morgan fingerprint density at radius 1 is 1.22 bits per heavy atom. The van der Waals surface area contributed by atoms with E-state index in [-0.39, 0.29) is 0 Å². The van der Waals surface area contributed by atoms with E-state index in [0.717, 1.165) is 44.9 Å². The highest BCUT2D eigenvalue weighted by Gasteiger charge is 2.24. The van der Waals surface area contributed by atoms with Gasteiger partial charge in [0.15, 0.2) is 5.75 Å². The molecule has 1 aromatic carbocycles. The van der Waals surface area contributed by atoms with Gasteiger partial charge in [-0.1, -0.05) is 0 Å². The number of benzene rings is 1. The van der Waals surface area contributed by atoms with Gasteiger partial charge < -0.3 is 14.4 Å². The molecule has 1 heterocycles. The second-order valence-electron chi connectivity index (χ2n) is 3.91. The molecule has 0 saturated heterocycles. The largest absolute Gasteiger partial charge is 0.495 e. The molecule has 2 rings (SSSR count). The monoisotopic (exact) mass is 376 g/mol. The minimum Gasteiger partial charge on any atom is -0.495 e. The minimum absolute atomic E-state index is 0.719. The van der Waals surface area contributed by atoms with Crippen molar-refractivity contribution in [1.29, 1.82) is 0 Å². The Balaban J connectivity index is 2.61. The smallest absolute Gasteiger partial charge is 0.151 e. The average Bonchev–Trinajstić information content (AvgIpc) is 2.75. The SMILES string of the molecule is COc1c(Br)cc(C2=NCCN2C)c(OC)c1Br. The van der Waals surface area contributed by atoms with Gasteiger partial charge in [0.25, 0.3) is 0 Å². The van der Waals surface area contributed by atoms with Gasteiger partial charge in [0.05, 0.1) is 30.8 Å². The van der Waals surface area contributed by atoms with Gasteiger partial charge in [-0.05, 0) is 37.9 Å². The van der Waals surface area contributed by atoms with E-state index in [4.69, 9.17) is 9.47 Å². The second kappa shape index (κ2) is 5.48. The number of likely N-dealkylation sites (N-methyl/N-ethyl adjacent to an activating group) is 1. The van der Waals surface area contributed by atoms with Crippen molar-refractivity contribution in [1.82, 2.24) is 4.90 Å². The first-order valence-corrected chi connectivity index (χ1v) is 7.04. The third kappa shape index (κ3) is 2.23. The van der Waals surface area contributed by atoms with Gasteiger partial charge in [-0.15, -0.1) is 0 Å². The lowest BCUT2D eigenvalue weighted by molar-refractivity contribution is 0.386. The van der Waals surface area contributed by atoms with Gasteiger partial charge in [0, 0.05) is 13.6 Å². The summed E-state index contributed by atoms with van der Waals surface area (Å²) < 4.78 is 12.5. The Hall–Kier alpha value is -0.750. The highest BCUT2D eigenvalue weighted by molar-refractivity contribution is 9.11. The van der Waals surface area contributed by atoms with E-state index in [2.05, 4.69) is 41.8 Å². The molecular weight excluding hydrogens is 364 g/mol.